The van der Waals surface area contributed by atoms with E-state index >= 15 is 0 Å². The topological polar surface area (TPSA) is 26.3 Å². The van der Waals surface area contributed by atoms with Gasteiger partial charge in [0, 0.05) is 5.38 Å². The Morgan fingerprint density at radius 2 is 2.36 bits per heavy atom. The fraction of sp³-hybridized carbons (Fsp3) is 0.286. The van der Waals surface area contributed by atoms with Gasteiger partial charge >= 0.3 is 5.97 Å². The predicted octanol–water partition coefficient (Wildman–Crippen LogP) is 2.45. The summed E-state index contributed by atoms with van der Waals surface area (Å²) in [6.45, 7) is 1.92. The molecule has 0 aromatic carbocycles. The third-order valence-electron chi connectivity index (χ3n) is 1.38. The van der Waals surface area contributed by atoms with Crippen LogP contribution in [0.5, 0.6) is 0 Å². The van der Waals surface area contributed by atoms with Crippen molar-refractivity contribution in [2.45, 2.75) is 6.92 Å². The van der Waals surface area contributed by atoms with E-state index in [-0.39, 0.29) is 5.97 Å². The quantitative estimate of drug-likeness (QED) is 0.584. The van der Waals surface area contributed by atoms with E-state index in [0.29, 0.717) is 5.56 Å². The average molecular weight is 282 g/mol. The number of thiophene rings is 1. The molecule has 0 saturated carbocycles. The van der Waals surface area contributed by atoms with Crippen LogP contribution in [-0.2, 0) is 4.74 Å². The first-order valence-electron chi connectivity index (χ1n) is 2.98. The highest BCUT2D eigenvalue weighted by Crippen LogP contribution is 2.23. The third-order valence-corrected chi connectivity index (χ3v) is 3.82. The number of ether oxygens (including phenoxy) is 1. The summed E-state index contributed by atoms with van der Waals surface area (Å²) in [6.07, 6.45) is 0. The second-order valence-corrected chi connectivity index (χ2v) is 4.73. The number of hydrogen-bond donors (Lipinski definition) is 0. The summed E-state index contributed by atoms with van der Waals surface area (Å²) in [6, 6.07) is 0. The summed E-state index contributed by atoms with van der Waals surface area (Å²) in [7, 11) is 1.40. The molecule has 0 aliphatic heterocycles. The minimum absolute atomic E-state index is 0.248. The molecule has 0 bridgehead atoms. The summed E-state index contributed by atoms with van der Waals surface area (Å²) >= 11 is 3.77. The number of rotatable bonds is 1. The van der Waals surface area contributed by atoms with Crippen molar-refractivity contribution in [3.05, 3.63) is 19.4 Å². The van der Waals surface area contributed by atoms with Gasteiger partial charge in [0.15, 0.2) is 0 Å². The molecule has 0 radical (unpaired) electrons. The van der Waals surface area contributed by atoms with Crippen LogP contribution >= 0.6 is 33.9 Å². The zero-order chi connectivity index (χ0) is 8.43. The van der Waals surface area contributed by atoms with E-state index in [2.05, 4.69) is 27.3 Å². The van der Waals surface area contributed by atoms with Crippen molar-refractivity contribution in [2.75, 3.05) is 7.11 Å². The Hall–Kier alpha value is -0.100. The number of methoxy groups -OCH3 is 1. The van der Waals surface area contributed by atoms with Crippen molar-refractivity contribution < 1.29 is 9.53 Å². The van der Waals surface area contributed by atoms with Gasteiger partial charge < -0.3 is 4.74 Å². The van der Waals surface area contributed by atoms with Crippen molar-refractivity contribution in [2.24, 2.45) is 0 Å². The van der Waals surface area contributed by atoms with Crippen LogP contribution in [0.1, 0.15) is 15.9 Å². The zero-order valence-corrected chi connectivity index (χ0v) is 9.15. The van der Waals surface area contributed by atoms with Gasteiger partial charge in [-0.05, 0) is 35.1 Å². The summed E-state index contributed by atoms with van der Waals surface area (Å²) < 4.78 is 5.74. The molecule has 0 saturated heterocycles. The number of hydrogen-bond acceptors (Lipinski definition) is 3. The maximum absolute atomic E-state index is 11.0. The lowest BCUT2D eigenvalue weighted by atomic mass is 10.2. The highest BCUT2D eigenvalue weighted by molar-refractivity contribution is 14.1. The van der Waals surface area contributed by atoms with Crippen LogP contribution in [0, 0.1) is 9.81 Å². The van der Waals surface area contributed by atoms with Crippen molar-refractivity contribution in [1.29, 1.82) is 0 Å². The zero-order valence-electron chi connectivity index (χ0n) is 6.18. The highest BCUT2D eigenvalue weighted by Gasteiger charge is 2.12. The maximum atomic E-state index is 11.0. The highest BCUT2D eigenvalue weighted by atomic mass is 127. The lowest BCUT2D eigenvalue weighted by molar-refractivity contribution is 0.0600. The van der Waals surface area contributed by atoms with Gasteiger partial charge in [-0.3, -0.25) is 0 Å². The van der Waals surface area contributed by atoms with Gasteiger partial charge in [0.2, 0.25) is 0 Å². The fourth-order valence-electron chi connectivity index (χ4n) is 0.704. The van der Waals surface area contributed by atoms with Crippen molar-refractivity contribution >= 4 is 39.9 Å². The van der Waals surface area contributed by atoms with Crippen LogP contribution in [0.4, 0.5) is 0 Å². The standard InChI is InChI=1S/C7H7IO2S/c1-4-5(7(9)10-2)3-11-6(4)8/h3H,1-2H3. The maximum Gasteiger partial charge on any atom is 0.339 e. The summed E-state index contributed by atoms with van der Waals surface area (Å²) in [5.41, 5.74) is 1.70. The summed E-state index contributed by atoms with van der Waals surface area (Å²) in [5.74, 6) is -0.248. The van der Waals surface area contributed by atoms with E-state index < -0.39 is 0 Å². The molecule has 2 nitrogen and oxygen atoms in total. The molecule has 0 aliphatic rings. The Labute approximate surface area is 82.7 Å². The molecule has 0 unspecified atom stereocenters. The first kappa shape index (κ1) is 8.99. The molecular weight excluding hydrogens is 275 g/mol. The van der Waals surface area contributed by atoms with E-state index in [9.17, 15) is 4.79 Å². The predicted molar refractivity (Wildman–Crippen MR) is 53.1 cm³/mol. The van der Waals surface area contributed by atoms with Gasteiger partial charge in [-0.15, -0.1) is 11.3 Å². The van der Waals surface area contributed by atoms with Gasteiger partial charge in [-0.1, -0.05) is 0 Å². The minimum atomic E-state index is -0.248. The van der Waals surface area contributed by atoms with Crippen LogP contribution in [-0.4, -0.2) is 13.1 Å². The Morgan fingerprint density at radius 3 is 2.73 bits per heavy atom. The second-order valence-electron chi connectivity index (χ2n) is 2.04. The second kappa shape index (κ2) is 3.53. The molecule has 4 heteroatoms. The van der Waals surface area contributed by atoms with Crippen LogP contribution in [0.2, 0.25) is 0 Å². The van der Waals surface area contributed by atoms with E-state index in [0.717, 1.165) is 8.45 Å². The molecule has 0 atom stereocenters. The third kappa shape index (κ3) is 1.73. The SMILES string of the molecule is COC(=O)c1csc(I)c1C. The molecule has 1 aromatic heterocycles. The molecule has 1 aromatic rings. The molecule has 60 valence electrons. The molecular formula is C7H7IO2S. The van der Waals surface area contributed by atoms with E-state index in [1.807, 2.05) is 12.3 Å². The number of carbonyl (C=O) groups is 1. The van der Waals surface area contributed by atoms with Crippen LogP contribution in [0.3, 0.4) is 0 Å². The Kier molecular flexibility index (Phi) is 2.89. The molecule has 0 aliphatic carbocycles. The van der Waals surface area contributed by atoms with Crippen LogP contribution in [0.25, 0.3) is 0 Å². The average Bonchev–Trinajstić information content (AvgIpc) is 2.32. The van der Waals surface area contributed by atoms with Gasteiger partial charge in [-0.25, -0.2) is 4.79 Å². The Balaban J connectivity index is 3.04. The van der Waals surface area contributed by atoms with Crippen molar-refractivity contribution in [3.8, 4) is 0 Å². The molecule has 11 heavy (non-hydrogen) atoms. The van der Waals surface area contributed by atoms with Gasteiger partial charge in [0.05, 0.1) is 15.6 Å². The summed E-state index contributed by atoms with van der Waals surface area (Å²) in [5, 5.41) is 1.82. The Bertz CT molecular complexity index is 280. The van der Waals surface area contributed by atoms with E-state index in [4.69, 9.17) is 0 Å². The normalized spacial score (nSPS) is 9.73. The molecule has 0 fully saturated rings. The smallest absolute Gasteiger partial charge is 0.339 e. The molecule has 0 amide bonds. The largest absolute Gasteiger partial charge is 0.465 e. The van der Waals surface area contributed by atoms with Crippen molar-refractivity contribution in [3.63, 3.8) is 0 Å². The molecule has 0 N–H and O–H groups in total. The van der Waals surface area contributed by atoms with E-state index in [1.165, 1.54) is 7.11 Å². The summed E-state index contributed by atoms with van der Waals surface area (Å²) in [4.78, 5) is 11.0. The molecule has 0 spiro atoms. The lowest BCUT2D eigenvalue weighted by Crippen LogP contribution is -2.00. The van der Waals surface area contributed by atoms with E-state index in [1.54, 1.807) is 11.3 Å². The lowest BCUT2D eigenvalue weighted by Gasteiger charge is -1.95. The van der Waals surface area contributed by atoms with Crippen LogP contribution in [0.15, 0.2) is 5.38 Å². The molecule has 1 rings (SSSR count). The van der Waals surface area contributed by atoms with Gasteiger partial charge in [0.25, 0.3) is 0 Å². The first-order chi connectivity index (χ1) is 5.16. The fourth-order valence-corrected chi connectivity index (χ4v) is 2.16. The molecule has 1 heterocycles. The van der Waals surface area contributed by atoms with Crippen molar-refractivity contribution in [1.82, 2.24) is 0 Å². The number of halogens is 1. The number of esters is 1. The first-order valence-corrected chi connectivity index (χ1v) is 4.94. The number of carbonyl (C=O) groups excluding carboxylic acids is 1. The Morgan fingerprint density at radius 1 is 1.73 bits per heavy atom. The monoisotopic (exact) mass is 282 g/mol. The van der Waals surface area contributed by atoms with Gasteiger partial charge in [0.1, 0.15) is 0 Å². The van der Waals surface area contributed by atoms with Crippen LogP contribution < -0.4 is 0 Å². The minimum Gasteiger partial charge on any atom is -0.465 e. The van der Waals surface area contributed by atoms with Gasteiger partial charge in [-0.2, -0.15) is 0 Å².